The molecule has 3 aromatic rings. The first-order valence-corrected chi connectivity index (χ1v) is 11.9. The van der Waals surface area contributed by atoms with Gasteiger partial charge in [-0.2, -0.15) is 0 Å². The fourth-order valence-electron chi connectivity index (χ4n) is 4.22. The Kier molecular flexibility index (Phi) is 5.68. The predicted octanol–water partition coefficient (Wildman–Crippen LogP) is 4.60. The van der Waals surface area contributed by atoms with Gasteiger partial charge in [0.05, 0.1) is 0 Å². The molecule has 3 aromatic carbocycles. The van der Waals surface area contributed by atoms with Gasteiger partial charge in [0, 0.05) is 30.4 Å². The van der Waals surface area contributed by atoms with Crippen LogP contribution in [-0.2, 0) is 17.1 Å². The van der Waals surface area contributed by atoms with E-state index in [2.05, 4.69) is 30.3 Å². The van der Waals surface area contributed by atoms with E-state index in [1.54, 1.807) is 18.8 Å². The third-order valence-corrected chi connectivity index (χ3v) is 7.44. The van der Waals surface area contributed by atoms with E-state index < -0.39 is 6.04 Å². The number of likely N-dealkylation sites (N-methyl/N-ethyl adjacent to an activating group) is 2. The minimum atomic E-state index is -0.663. The van der Waals surface area contributed by atoms with Gasteiger partial charge in [0.1, 0.15) is 6.54 Å². The number of urea groups is 1. The zero-order valence-electron chi connectivity index (χ0n) is 18.2. The molecule has 5 rings (SSSR count). The van der Waals surface area contributed by atoms with Crippen LogP contribution in [0.15, 0.2) is 71.7 Å². The van der Waals surface area contributed by atoms with E-state index in [1.165, 1.54) is 28.3 Å². The van der Waals surface area contributed by atoms with Crippen molar-refractivity contribution in [2.75, 3.05) is 14.1 Å². The molecule has 166 valence electrons. The number of thioether (sulfide) groups is 1. The summed E-state index contributed by atoms with van der Waals surface area (Å²) in [6.07, 6.45) is 0. The number of hydrogen-bond donors (Lipinski definition) is 0. The molecular formula is C25H22ClN4O2S+. The number of aliphatic imine (C=N–C) groups is 1. The topological polar surface area (TPSA) is 56.0 Å². The molecule has 0 spiro atoms. The summed E-state index contributed by atoms with van der Waals surface area (Å²) in [5.74, 6) is 0.848. The van der Waals surface area contributed by atoms with E-state index >= 15 is 0 Å². The van der Waals surface area contributed by atoms with Gasteiger partial charge in [-0.05, 0) is 39.2 Å². The molecule has 2 aliphatic rings. The van der Waals surface area contributed by atoms with Crippen LogP contribution in [0.5, 0.6) is 0 Å². The summed E-state index contributed by atoms with van der Waals surface area (Å²) in [6, 6.07) is 21.1. The molecule has 0 bridgehead atoms. The molecule has 1 atom stereocenters. The van der Waals surface area contributed by atoms with Gasteiger partial charge in [0.15, 0.2) is 0 Å². The van der Waals surface area contributed by atoms with Crippen LogP contribution in [0.2, 0.25) is 5.02 Å². The maximum Gasteiger partial charge on any atom is 0.358 e. The molecule has 0 N–H and O–H groups in total. The first kappa shape index (κ1) is 21.7. The number of carbonyl (C=O) groups excluding carboxylic acids is 2. The van der Waals surface area contributed by atoms with Gasteiger partial charge in [-0.3, -0.25) is 14.6 Å². The molecule has 0 saturated carbocycles. The van der Waals surface area contributed by atoms with Crippen LogP contribution < -0.4 is 0 Å². The van der Waals surface area contributed by atoms with E-state index in [0.29, 0.717) is 28.3 Å². The lowest BCUT2D eigenvalue weighted by Gasteiger charge is -2.30. The van der Waals surface area contributed by atoms with E-state index in [1.807, 2.05) is 41.0 Å². The average Bonchev–Trinajstić information content (AvgIpc) is 3.19. The van der Waals surface area contributed by atoms with Crippen molar-refractivity contribution in [3.8, 4) is 0 Å². The zero-order valence-corrected chi connectivity index (χ0v) is 19.8. The number of nitrogens with zero attached hydrogens (tertiary/aromatic N) is 4. The quantitative estimate of drug-likeness (QED) is 0.516. The van der Waals surface area contributed by atoms with Gasteiger partial charge in [-0.15, -0.1) is 0 Å². The van der Waals surface area contributed by atoms with Crippen molar-refractivity contribution in [3.63, 3.8) is 0 Å². The second-order valence-electron chi connectivity index (χ2n) is 8.04. The Hall–Kier alpha value is -3.16. The maximum absolute atomic E-state index is 13.1. The summed E-state index contributed by atoms with van der Waals surface area (Å²) in [4.78, 5) is 33.0. The Morgan fingerprint density at radius 3 is 2.45 bits per heavy atom. The fourth-order valence-corrected chi connectivity index (χ4v) is 5.45. The summed E-state index contributed by atoms with van der Waals surface area (Å²) in [7, 11) is 3.16. The Balaban J connectivity index is 1.54. The molecule has 2 aliphatic heterocycles. The highest BCUT2D eigenvalue weighted by Crippen LogP contribution is 2.29. The molecule has 2 heterocycles. The van der Waals surface area contributed by atoms with Crippen LogP contribution in [-0.4, -0.2) is 57.5 Å². The van der Waals surface area contributed by atoms with Crippen molar-refractivity contribution in [2.24, 2.45) is 4.99 Å². The Morgan fingerprint density at radius 2 is 1.64 bits per heavy atom. The summed E-state index contributed by atoms with van der Waals surface area (Å²) >= 11 is 8.00. The monoisotopic (exact) mass is 477 g/mol. The molecule has 0 radical (unpaired) electrons. The van der Waals surface area contributed by atoms with Crippen LogP contribution in [0, 0.1) is 0 Å². The maximum atomic E-state index is 13.1. The van der Waals surface area contributed by atoms with Gasteiger partial charge >= 0.3 is 11.2 Å². The van der Waals surface area contributed by atoms with Crippen LogP contribution in [0.25, 0.3) is 10.8 Å². The smallest absolute Gasteiger partial charge is 0.269 e. The third kappa shape index (κ3) is 3.81. The number of benzene rings is 3. The second-order valence-corrected chi connectivity index (χ2v) is 9.39. The molecule has 1 unspecified atom stereocenters. The van der Waals surface area contributed by atoms with Crippen LogP contribution >= 0.6 is 23.4 Å². The molecule has 0 aromatic heterocycles. The van der Waals surface area contributed by atoms with Gasteiger partial charge in [0.25, 0.3) is 17.8 Å². The Morgan fingerprint density at radius 1 is 0.939 bits per heavy atom. The van der Waals surface area contributed by atoms with Crippen LogP contribution in [0.3, 0.4) is 0 Å². The highest BCUT2D eigenvalue weighted by Gasteiger charge is 2.53. The Bertz CT molecular complexity index is 1350. The van der Waals surface area contributed by atoms with Crippen molar-refractivity contribution in [1.82, 2.24) is 9.80 Å². The molecule has 1 fully saturated rings. The van der Waals surface area contributed by atoms with Gasteiger partial charge in [0.2, 0.25) is 0 Å². The lowest BCUT2D eigenvalue weighted by molar-refractivity contribution is -0.548. The predicted molar refractivity (Wildman–Crippen MR) is 133 cm³/mol. The number of carbonyl (C=O) groups is 2. The molecular weight excluding hydrogens is 456 g/mol. The normalized spacial score (nSPS) is 18.3. The van der Waals surface area contributed by atoms with Gasteiger partial charge < -0.3 is 0 Å². The van der Waals surface area contributed by atoms with E-state index in [4.69, 9.17) is 16.6 Å². The highest BCUT2D eigenvalue weighted by molar-refractivity contribution is 8.13. The van der Waals surface area contributed by atoms with Crippen LogP contribution in [0.4, 0.5) is 4.79 Å². The van der Waals surface area contributed by atoms with Crippen LogP contribution in [0.1, 0.15) is 11.1 Å². The summed E-state index contributed by atoms with van der Waals surface area (Å²) in [5, 5.41) is 3.70. The minimum Gasteiger partial charge on any atom is -0.269 e. The lowest BCUT2D eigenvalue weighted by Crippen LogP contribution is -2.61. The first-order valence-electron chi connectivity index (χ1n) is 10.6. The zero-order chi connectivity index (χ0) is 23.1. The number of amides is 3. The average molecular weight is 478 g/mol. The van der Waals surface area contributed by atoms with Gasteiger partial charge in [-0.25, -0.2) is 9.37 Å². The lowest BCUT2D eigenvalue weighted by atomic mass is 10.1. The molecule has 6 nitrogen and oxygen atoms in total. The van der Waals surface area contributed by atoms with E-state index in [-0.39, 0.29) is 11.9 Å². The van der Waals surface area contributed by atoms with E-state index in [0.717, 1.165) is 10.5 Å². The number of imide groups is 1. The molecule has 0 aliphatic carbocycles. The largest absolute Gasteiger partial charge is 0.358 e. The van der Waals surface area contributed by atoms with Gasteiger partial charge in [-0.1, -0.05) is 72.3 Å². The van der Waals surface area contributed by atoms with E-state index in [9.17, 15) is 9.59 Å². The van der Waals surface area contributed by atoms with Crippen molar-refractivity contribution in [2.45, 2.75) is 18.3 Å². The number of halogens is 1. The molecule has 3 amide bonds. The number of fused-ring (bicyclic) bond motifs is 2. The van der Waals surface area contributed by atoms with Crippen molar-refractivity contribution >= 4 is 57.1 Å². The fraction of sp³-hybridized carbons (Fsp3) is 0.200. The van der Waals surface area contributed by atoms with Crippen molar-refractivity contribution in [1.29, 1.82) is 0 Å². The highest BCUT2D eigenvalue weighted by atomic mass is 35.5. The third-order valence-electron chi connectivity index (χ3n) is 6.03. The number of hydrogen-bond acceptors (Lipinski definition) is 4. The molecule has 8 heteroatoms. The SMILES string of the molecule is CN1C(=O)C2C(=NC(SCc3cccc4ccccc34)=[N+]2Cc2ccccc2Cl)N(C)C1=O. The summed E-state index contributed by atoms with van der Waals surface area (Å²) in [5.41, 5.74) is 2.08. The van der Waals surface area contributed by atoms with Crippen molar-refractivity contribution < 1.29 is 14.2 Å². The summed E-state index contributed by atoms with van der Waals surface area (Å²) < 4.78 is 1.95. The summed E-state index contributed by atoms with van der Waals surface area (Å²) in [6.45, 7) is 0.414. The molecule has 1 saturated heterocycles. The minimum absolute atomic E-state index is 0.287. The number of rotatable bonds is 4. The second kappa shape index (κ2) is 8.65. The molecule has 33 heavy (non-hydrogen) atoms. The Labute approximate surface area is 201 Å². The van der Waals surface area contributed by atoms with Crippen molar-refractivity contribution in [3.05, 3.63) is 82.9 Å². The first-order chi connectivity index (χ1) is 16.0. The number of amidine groups is 2. The standard InChI is InChI=1S/C25H22ClN4O2S/c1-28-22-21(23(31)29(2)25(28)32)30(14-17-9-4-6-13-20(17)26)24(27-22)33-15-18-11-7-10-16-8-3-5-12-19(16)18/h3-13,21H,14-15H2,1-2H3/q+1.